The number of phenolic OH excluding ortho intramolecular Hbond substituents is 1. The van der Waals surface area contributed by atoms with Crippen molar-refractivity contribution in [2.24, 2.45) is 5.92 Å². The maximum atomic E-state index is 10.2. The minimum absolute atomic E-state index is 0.131. The molecule has 2 aromatic carbocycles. The lowest BCUT2D eigenvalue weighted by molar-refractivity contribution is 0.371. The monoisotopic (exact) mass is 341 g/mol. The molecule has 4 rings (SSSR count). The number of halogens is 1. The summed E-state index contributed by atoms with van der Waals surface area (Å²) >= 11 is 6.33. The Morgan fingerprint density at radius 3 is 2.83 bits per heavy atom. The van der Waals surface area contributed by atoms with Gasteiger partial charge in [-0.1, -0.05) is 35.9 Å². The average Bonchev–Trinajstić information content (AvgIpc) is 3.07. The minimum Gasteiger partial charge on any atom is -0.504 e. The molecule has 0 saturated carbocycles. The predicted molar refractivity (Wildman–Crippen MR) is 97.2 cm³/mol. The molecule has 4 heteroatoms. The van der Waals surface area contributed by atoms with E-state index in [-0.39, 0.29) is 11.8 Å². The molecule has 1 aliphatic heterocycles. The maximum absolute atomic E-state index is 10.2. The summed E-state index contributed by atoms with van der Waals surface area (Å²) in [7, 11) is 1.56. The first-order chi connectivity index (χ1) is 11.6. The van der Waals surface area contributed by atoms with Crippen LogP contribution in [0.5, 0.6) is 11.5 Å². The van der Waals surface area contributed by atoms with Gasteiger partial charge in [0.15, 0.2) is 11.5 Å². The molecule has 124 valence electrons. The molecule has 0 bridgehead atoms. The van der Waals surface area contributed by atoms with Crippen LogP contribution in [0.1, 0.15) is 35.1 Å². The third-order valence-electron chi connectivity index (χ3n) is 5.29. The van der Waals surface area contributed by atoms with E-state index in [1.54, 1.807) is 13.2 Å². The van der Waals surface area contributed by atoms with Crippen LogP contribution < -0.4 is 10.1 Å². The minimum atomic E-state index is 0.131. The molecule has 0 spiro atoms. The Balaban J connectivity index is 1.80. The van der Waals surface area contributed by atoms with Crippen LogP contribution in [0.4, 0.5) is 5.69 Å². The first kappa shape index (κ1) is 15.4. The van der Waals surface area contributed by atoms with Crippen molar-refractivity contribution in [1.82, 2.24) is 0 Å². The van der Waals surface area contributed by atoms with Crippen LogP contribution >= 0.6 is 11.6 Å². The lowest BCUT2D eigenvalue weighted by Crippen LogP contribution is -2.29. The molecule has 2 aromatic rings. The molecule has 0 saturated heterocycles. The second-order valence-electron chi connectivity index (χ2n) is 6.54. The van der Waals surface area contributed by atoms with Crippen molar-refractivity contribution < 1.29 is 9.84 Å². The largest absolute Gasteiger partial charge is 0.504 e. The summed E-state index contributed by atoms with van der Waals surface area (Å²) in [6.45, 7) is 2.05. The van der Waals surface area contributed by atoms with Crippen LogP contribution in [0.2, 0.25) is 5.02 Å². The summed E-state index contributed by atoms with van der Waals surface area (Å²) in [6.07, 6.45) is 5.58. The van der Waals surface area contributed by atoms with Crippen molar-refractivity contribution in [3.63, 3.8) is 0 Å². The van der Waals surface area contributed by atoms with Crippen molar-refractivity contribution >= 4 is 17.3 Å². The molecule has 1 aliphatic carbocycles. The van der Waals surface area contributed by atoms with Crippen LogP contribution in [-0.4, -0.2) is 12.2 Å². The van der Waals surface area contributed by atoms with Gasteiger partial charge in [-0.15, -0.1) is 0 Å². The first-order valence-electron chi connectivity index (χ1n) is 8.19. The number of methoxy groups -OCH3 is 1. The summed E-state index contributed by atoms with van der Waals surface area (Å²) in [5.41, 5.74) is 4.58. The van der Waals surface area contributed by atoms with E-state index in [4.69, 9.17) is 16.3 Å². The number of phenols is 1. The van der Waals surface area contributed by atoms with E-state index in [0.29, 0.717) is 17.6 Å². The van der Waals surface area contributed by atoms with Gasteiger partial charge in [-0.2, -0.15) is 0 Å². The standard InChI is InChI=1S/C20H20ClNO2/c1-11-16(21)8-7-15-13-4-3-5-14(13)20(22-19(11)15)12-6-9-18(24-2)17(23)10-12/h3-4,6-10,13-14,20,22-23H,5H2,1-2H3. The Bertz CT molecular complexity index is 831. The van der Waals surface area contributed by atoms with Gasteiger partial charge in [0.2, 0.25) is 0 Å². The van der Waals surface area contributed by atoms with Gasteiger partial charge in [0.1, 0.15) is 0 Å². The molecule has 3 unspecified atom stereocenters. The van der Waals surface area contributed by atoms with Crippen molar-refractivity contribution in [2.75, 3.05) is 12.4 Å². The van der Waals surface area contributed by atoms with Gasteiger partial charge in [-0.05, 0) is 54.2 Å². The number of hydrogen-bond acceptors (Lipinski definition) is 3. The quantitative estimate of drug-likeness (QED) is 0.739. The van der Waals surface area contributed by atoms with Gasteiger partial charge in [0, 0.05) is 16.6 Å². The molecule has 3 atom stereocenters. The van der Waals surface area contributed by atoms with Crippen LogP contribution in [0.25, 0.3) is 0 Å². The lowest BCUT2D eigenvalue weighted by atomic mass is 9.76. The van der Waals surface area contributed by atoms with E-state index in [9.17, 15) is 5.11 Å². The number of rotatable bonds is 2. The Hall–Kier alpha value is -2.13. The zero-order valence-corrected chi connectivity index (χ0v) is 14.5. The predicted octanol–water partition coefficient (Wildman–Crippen LogP) is 5.19. The topological polar surface area (TPSA) is 41.5 Å². The van der Waals surface area contributed by atoms with E-state index in [1.807, 2.05) is 18.2 Å². The molecular weight excluding hydrogens is 322 g/mol. The summed E-state index contributed by atoms with van der Waals surface area (Å²) < 4.78 is 5.16. The normalized spacial score (nSPS) is 24.2. The van der Waals surface area contributed by atoms with Crippen molar-refractivity contribution in [3.05, 3.63) is 64.2 Å². The molecule has 2 aliphatic rings. The Morgan fingerprint density at radius 1 is 1.25 bits per heavy atom. The van der Waals surface area contributed by atoms with E-state index in [2.05, 4.69) is 30.5 Å². The molecule has 0 fully saturated rings. The van der Waals surface area contributed by atoms with E-state index < -0.39 is 0 Å². The molecule has 0 amide bonds. The van der Waals surface area contributed by atoms with Crippen molar-refractivity contribution in [3.8, 4) is 11.5 Å². The second kappa shape index (κ2) is 5.75. The van der Waals surface area contributed by atoms with Crippen LogP contribution in [0.15, 0.2) is 42.5 Å². The zero-order valence-electron chi connectivity index (χ0n) is 13.7. The Labute approximate surface area is 146 Å². The molecular formula is C20H20ClNO2. The molecule has 24 heavy (non-hydrogen) atoms. The van der Waals surface area contributed by atoms with Gasteiger partial charge in [0.05, 0.1) is 13.2 Å². The number of nitrogens with one attached hydrogen (secondary N) is 1. The number of benzene rings is 2. The molecule has 0 radical (unpaired) electrons. The zero-order chi connectivity index (χ0) is 16.8. The average molecular weight is 342 g/mol. The number of aromatic hydroxyl groups is 1. The van der Waals surface area contributed by atoms with Crippen molar-refractivity contribution in [1.29, 1.82) is 0 Å². The third kappa shape index (κ3) is 2.27. The lowest BCUT2D eigenvalue weighted by Gasteiger charge is -2.38. The van der Waals surface area contributed by atoms with Crippen LogP contribution in [-0.2, 0) is 0 Å². The fourth-order valence-corrected chi connectivity index (χ4v) is 4.18. The van der Waals surface area contributed by atoms with Gasteiger partial charge < -0.3 is 15.2 Å². The first-order valence-corrected chi connectivity index (χ1v) is 8.57. The van der Waals surface area contributed by atoms with Crippen molar-refractivity contribution in [2.45, 2.75) is 25.3 Å². The van der Waals surface area contributed by atoms with E-state index in [1.165, 1.54) is 5.56 Å². The molecule has 3 nitrogen and oxygen atoms in total. The number of hydrogen-bond donors (Lipinski definition) is 2. The third-order valence-corrected chi connectivity index (χ3v) is 5.70. The summed E-state index contributed by atoms with van der Waals surface area (Å²) in [5.74, 6) is 1.49. The highest BCUT2D eigenvalue weighted by atomic mass is 35.5. The van der Waals surface area contributed by atoms with Crippen LogP contribution in [0.3, 0.4) is 0 Å². The summed E-state index contributed by atoms with van der Waals surface area (Å²) in [5, 5.41) is 14.6. The highest BCUT2D eigenvalue weighted by Gasteiger charge is 2.38. The van der Waals surface area contributed by atoms with Gasteiger partial charge in [0.25, 0.3) is 0 Å². The number of fused-ring (bicyclic) bond motifs is 3. The summed E-state index contributed by atoms with van der Waals surface area (Å²) in [4.78, 5) is 0. The second-order valence-corrected chi connectivity index (χ2v) is 6.95. The fourth-order valence-electron chi connectivity index (χ4n) is 4.02. The highest BCUT2D eigenvalue weighted by Crippen LogP contribution is 2.51. The van der Waals surface area contributed by atoms with E-state index in [0.717, 1.165) is 28.3 Å². The molecule has 2 N–H and O–H groups in total. The Morgan fingerprint density at radius 2 is 2.08 bits per heavy atom. The number of ether oxygens (including phenoxy) is 1. The molecule has 1 heterocycles. The van der Waals surface area contributed by atoms with Gasteiger partial charge in [-0.3, -0.25) is 0 Å². The SMILES string of the molecule is COc1ccc(C2Nc3c(ccc(Cl)c3C)C3C=CCC32)cc1O. The highest BCUT2D eigenvalue weighted by molar-refractivity contribution is 6.31. The van der Waals surface area contributed by atoms with E-state index >= 15 is 0 Å². The number of anilines is 1. The summed E-state index contributed by atoms with van der Waals surface area (Å²) in [6, 6.07) is 9.90. The fraction of sp³-hybridized carbons (Fsp3) is 0.300. The van der Waals surface area contributed by atoms with Gasteiger partial charge >= 0.3 is 0 Å². The maximum Gasteiger partial charge on any atom is 0.160 e. The molecule has 0 aromatic heterocycles. The smallest absolute Gasteiger partial charge is 0.160 e. The van der Waals surface area contributed by atoms with Crippen LogP contribution in [0, 0.1) is 12.8 Å². The Kier molecular flexibility index (Phi) is 3.69. The number of allylic oxidation sites excluding steroid dienone is 2. The van der Waals surface area contributed by atoms with Gasteiger partial charge in [-0.25, -0.2) is 0 Å².